The van der Waals surface area contributed by atoms with Crippen LogP contribution in [0.2, 0.25) is 5.02 Å². The Balaban J connectivity index is 1.38. The second-order valence-corrected chi connectivity index (χ2v) is 7.49. The molecule has 2 aromatic heterocycles. The molecule has 0 fully saturated rings. The molecule has 26 heavy (non-hydrogen) atoms. The zero-order chi connectivity index (χ0) is 17.9. The van der Waals surface area contributed by atoms with Crippen LogP contribution in [0.5, 0.6) is 0 Å². The number of benzene rings is 2. The van der Waals surface area contributed by atoms with E-state index in [1.807, 2.05) is 53.9 Å². The molecular formula is C18H12ClN3O2S2. The maximum absolute atomic E-state index is 12.2. The fourth-order valence-corrected chi connectivity index (χ4v) is 3.92. The maximum Gasteiger partial charge on any atom is 0.257 e. The fraction of sp³-hybridized carbons (Fsp3) is 0.0556. The molecule has 0 unspecified atom stereocenters. The van der Waals surface area contributed by atoms with Crippen LogP contribution < -0.4 is 5.32 Å². The van der Waals surface area contributed by atoms with E-state index >= 15 is 0 Å². The van der Waals surface area contributed by atoms with Crippen LogP contribution >= 0.6 is 34.7 Å². The van der Waals surface area contributed by atoms with Gasteiger partial charge in [0.1, 0.15) is 5.52 Å². The summed E-state index contributed by atoms with van der Waals surface area (Å²) in [6.07, 6.45) is 0. The predicted octanol–water partition coefficient (Wildman–Crippen LogP) is 5.34. The van der Waals surface area contributed by atoms with Gasteiger partial charge >= 0.3 is 0 Å². The topological polar surface area (TPSA) is 68.0 Å². The third kappa shape index (κ3) is 3.75. The molecule has 0 spiro atoms. The van der Waals surface area contributed by atoms with E-state index in [0.29, 0.717) is 21.0 Å². The second kappa shape index (κ2) is 7.49. The Labute approximate surface area is 162 Å². The van der Waals surface area contributed by atoms with E-state index in [1.54, 1.807) is 0 Å². The molecule has 0 aliphatic carbocycles. The number of anilines is 1. The second-order valence-electron chi connectivity index (χ2n) is 5.30. The third-order valence-corrected chi connectivity index (χ3v) is 5.42. The Hall–Kier alpha value is -2.35. The first-order valence-corrected chi connectivity index (χ1v) is 9.92. The molecule has 0 saturated carbocycles. The summed E-state index contributed by atoms with van der Waals surface area (Å²) in [5.74, 6) is 0.0192. The summed E-state index contributed by atoms with van der Waals surface area (Å²) in [6, 6.07) is 15.0. The number of aromatic nitrogens is 2. The number of nitrogens with one attached hydrogen (secondary N) is 1. The van der Waals surface area contributed by atoms with E-state index in [4.69, 9.17) is 16.0 Å². The number of rotatable bonds is 5. The van der Waals surface area contributed by atoms with E-state index in [1.165, 1.54) is 23.1 Å². The number of para-hydroxylation sites is 2. The monoisotopic (exact) mass is 401 g/mol. The Morgan fingerprint density at radius 2 is 1.96 bits per heavy atom. The van der Waals surface area contributed by atoms with E-state index in [9.17, 15) is 4.79 Å². The predicted molar refractivity (Wildman–Crippen MR) is 106 cm³/mol. The summed E-state index contributed by atoms with van der Waals surface area (Å²) in [7, 11) is 0. The van der Waals surface area contributed by atoms with Crippen LogP contribution in [0.3, 0.4) is 0 Å². The maximum atomic E-state index is 12.2. The summed E-state index contributed by atoms with van der Waals surface area (Å²) in [5.41, 5.74) is 3.06. The first-order valence-electron chi connectivity index (χ1n) is 7.68. The van der Waals surface area contributed by atoms with Gasteiger partial charge in [0.15, 0.2) is 10.7 Å². The molecule has 4 aromatic rings. The highest BCUT2D eigenvalue weighted by atomic mass is 35.5. The molecule has 130 valence electrons. The number of thiazole rings is 1. The lowest BCUT2D eigenvalue weighted by molar-refractivity contribution is -0.113. The number of halogens is 1. The quantitative estimate of drug-likeness (QED) is 0.457. The fourth-order valence-electron chi connectivity index (χ4n) is 2.32. The molecule has 0 aliphatic heterocycles. The highest BCUT2D eigenvalue weighted by Gasteiger charge is 2.12. The van der Waals surface area contributed by atoms with Crippen LogP contribution in [-0.2, 0) is 4.79 Å². The van der Waals surface area contributed by atoms with Crippen molar-refractivity contribution in [2.45, 2.75) is 5.22 Å². The number of hydrogen-bond donors (Lipinski definition) is 1. The number of fused-ring (bicyclic) bond motifs is 1. The minimum atomic E-state index is -0.169. The zero-order valence-corrected chi connectivity index (χ0v) is 15.7. The number of oxazole rings is 1. The minimum Gasteiger partial charge on any atom is -0.431 e. The lowest BCUT2D eigenvalue weighted by Crippen LogP contribution is -2.13. The van der Waals surface area contributed by atoms with Crippen LogP contribution in [-0.4, -0.2) is 21.6 Å². The Bertz CT molecular complexity index is 1040. The number of hydrogen-bond acceptors (Lipinski definition) is 6. The molecule has 2 aromatic carbocycles. The molecule has 1 amide bonds. The average molecular weight is 402 g/mol. The van der Waals surface area contributed by atoms with Crippen molar-refractivity contribution in [2.75, 3.05) is 11.1 Å². The number of amides is 1. The molecule has 8 heteroatoms. The largest absolute Gasteiger partial charge is 0.431 e. The van der Waals surface area contributed by atoms with Gasteiger partial charge < -0.3 is 9.73 Å². The molecule has 5 nitrogen and oxygen atoms in total. The Morgan fingerprint density at radius 3 is 2.81 bits per heavy atom. The van der Waals surface area contributed by atoms with Gasteiger partial charge in [-0.1, -0.05) is 53.7 Å². The van der Waals surface area contributed by atoms with Gasteiger partial charge in [-0.05, 0) is 18.2 Å². The van der Waals surface area contributed by atoms with Crippen molar-refractivity contribution in [1.82, 2.24) is 9.97 Å². The van der Waals surface area contributed by atoms with Crippen molar-refractivity contribution in [3.63, 3.8) is 0 Å². The van der Waals surface area contributed by atoms with Gasteiger partial charge in [-0.2, -0.15) is 0 Å². The molecule has 4 rings (SSSR count). The molecule has 0 aliphatic rings. The molecule has 2 heterocycles. The molecular weight excluding hydrogens is 390 g/mol. The summed E-state index contributed by atoms with van der Waals surface area (Å²) in [6.45, 7) is 0. The van der Waals surface area contributed by atoms with Crippen molar-refractivity contribution >= 4 is 56.8 Å². The van der Waals surface area contributed by atoms with Gasteiger partial charge in [0.25, 0.3) is 5.22 Å². The normalized spacial score (nSPS) is 11.0. The molecule has 0 bridgehead atoms. The van der Waals surface area contributed by atoms with Crippen LogP contribution in [0.25, 0.3) is 22.4 Å². The van der Waals surface area contributed by atoms with E-state index < -0.39 is 0 Å². The number of carbonyl (C=O) groups is 1. The zero-order valence-electron chi connectivity index (χ0n) is 13.3. The molecule has 1 N–H and O–H groups in total. The lowest BCUT2D eigenvalue weighted by Gasteiger charge is -2.00. The van der Waals surface area contributed by atoms with Crippen LogP contribution in [0.15, 0.2) is 63.6 Å². The molecule has 0 atom stereocenters. The highest BCUT2D eigenvalue weighted by molar-refractivity contribution is 7.99. The molecule has 0 saturated heterocycles. The smallest absolute Gasteiger partial charge is 0.257 e. The summed E-state index contributed by atoms with van der Waals surface area (Å²) < 4.78 is 5.59. The lowest BCUT2D eigenvalue weighted by atomic mass is 10.2. The van der Waals surface area contributed by atoms with E-state index in [0.717, 1.165) is 16.8 Å². The van der Waals surface area contributed by atoms with Gasteiger partial charge in [-0.25, -0.2) is 9.97 Å². The van der Waals surface area contributed by atoms with Gasteiger partial charge in [-0.15, -0.1) is 11.3 Å². The van der Waals surface area contributed by atoms with Crippen molar-refractivity contribution in [3.05, 3.63) is 58.9 Å². The number of nitrogens with zero attached hydrogens (tertiary/aromatic N) is 2. The van der Waals surface area contributed by atoms with Crippen LogP contribution in [0.4, 0.5) is 5.13 Å². The first kappa shape index (κ1) is 17.1. The van der Waals surface area contributed by atoms with Gasteiger partial charge in [-0.3, -0.25) is 4.79 Å². The minimum absolute atomic E-state index is 0.169. The van der Waals surface area contributed by atoms with Crippen LogP contribution in [0, 0.1) is 0 Å². The third-order valence-electron chi connectivity index (χ3n) is 3.50. The number of thioether (sulfide) groups is 1. The van der Waals surface area contributed by atoms with Gasteiger partial charge in [0.2, 0.25) is 5.91 Å². The first-order chi connectivity index (χ1) is 12.7. The standard InChI is InChI=1S/C18H12ClN3O2S2/c19-12-6-2-1-5-11(12)14-9-25-17(20-14)22-16(23)10-26-18-21-13-7-3-4-8-15(13)24-18/h1-9H,10H2,(H,20,22,23). The highest BCUT2D eigenvalue weighted by Crippen LogP contribution is 2.30. The summed E-state index contributed by atoms with van der Waals surface area (Å²) >= 11 is 8.78. The van der Waals surface area contributed by atoms with Crippen molar-refractivity contribution < 1.29 is 9.21 Å². The molecule has 0 radical (unpaired) electrons. The average Bonchev–Trinajstić information content (AvgIpc) is 3.27. The van der Waals surface area contributed by atoms with Crippen LogP contribution in [0.1, 0.15) is 0 Å². The van der Waals surface area contributed by atoms with Gasteiger partial charge in [0, 0.05) is 16.0 Å². The van der Waals surface area contributed by atoms with E-state index in [2.05, 4.69) is 15.3 Å². The Kier molecular flexibility index (Phi) is 4.92. The summed E-state index contributed by atoms with van der Waals surface area (Å²) in [4.78, 5) is 20.9. The van der Waals surface area contributed by atoms with Crippen molar-refractivity contribution in [2.24, 2.45) is 0 Å². The van der Waals surface area contributed by atoms with E-state index in [-0.39, 0.29) is 11.7 Å². The SMILES string of the molecule is O=C(CSc1nc2ccccc2o1)Nc1nc(-c2ccccc2Cl)cs1. The number of carbonyl (C=O) groups excluding carboxylic acids is 1. The van der Waals surface area contributed by atoms with Crippen molar-refractivity contribution in [3.8, 4) is 11.3 Å². The Morgan fingerprint density at radius 1 is 1.15 bits per heavy atom. The van der Waals surface area contributed by atoms with Gasteiger partial charge in [0.05, 0.1) is 11.4 Å². The van der Waals surface area contributed by atoms with Crippen molar-refractivity contribution in [1.29, 1.82) is 0 Å². The summed E-state index contributed by atoms with van der Waals surface area (Å²) in [5, 5.41) is 6.28.